The zero-order valence-corrected chi connectivity index (χ0v) is 21.2. The van der Waals surface area contributed by atoms with Gasteiger partial charge in [0.25, 0.3) is 0 Å². The number of fused-ring (bicyclic) bond motifs is 1. The van der Waals surface area contributed by atoms with Crippen LogP contribution in [0.25, 0.3) is 22.2 Å². The van der Waals surface area contributed by atoms with E-state index in [1.54, 1.807) is 24.0 Å². The van der Waals surface area contributed by atoms with Crippen molar-refractivity contribution < 1.29 is 4.79 Å². The number of hydrogen-bond donors (Lipinski definition) is 1. The van der Waals surface area contributed by atoms with Crippen molar-refractivity contribution in [3.63, 3.8) is 0 Å². The molecule has 3 aromatic heterocycles. The van der Waals surface area contributed by atoms with E-state index in [-0.39, 0.29) is 5.91 Å². The Morgan fingerprint density at radius 3 is 2.58 bits per heavy atom. The number of amides is 1. The van der Waals surface area contributed by atoms with Crippen molar-refractivity contribution in [2.75, 3.05) is 38.1 Å². The molecule has 9 heteroatoms. The minimum Gasteiger partial charge on any atom is -0.404 e. The Kier molecular flexibility index (Phi) is 7.13. The molecule has 38 heavy (non-hydrogen) atoms. The number of rotatable bonds is 6. The summed E-state index contributed by atoms with van der Waals surface area (Å²) in [6.45, 7) is 2.75. The molecule has 0 unspecified atom stereocenters. The van der Waals surface area contributed by atoms with Gasteiger partial charge in [-0.05, 0) is 23.8 Å². The van der Waals surface area contributed by atoms with Crippen molar-refractivity contribution in [3.8, 4) is 17.2 Å². The predicted molar refractivity (Wildman–Crippen MR) is 149 cm³/mol. The summed E-state index contributed by atoms with van der Waals surface area (Å²) in [5.74, 6) is 1.00. The molecule has 0 radical (unpaired) electrons. The SMILES string of the molecule is CN=CC(=CN)c1cc(-c2ccc(N3CCN(C(=O)Cc4ccccc4)CC3)nc2)c2c(C#N)cnn2c1. The molecule has 1 aliphatic heterocycles. The van der Waals surface area contributed by atoms with Crippen LogP contribution >= 0.6 is 0 Å². The predicted octanol–water partition coefficient (Wildman–Crippen LogP) is 3.16. The standard InChI is InChI=1S/C29H28N8O/c1-32-17-24(15-30)23-14-26(29-25(16-31)19-34-37(29)20-23)22-7-8-27(33-18-22)35-9-11-36(12-10-35)28(38)13-21-5-3-2-4-6-21/h2-8,14-15,17-20H,9-13,30H2,1H3. The zero-order valence-electron chi connectivity index (χ0n) is 21.2. The smallest absolute Gasteiger partial charge is 0.227 e. The van der Waals surface area contributed by atoms with Gasteiger partial charge in [-0.15, -0.1) is 0 Å². The topological polar surface area (TPSA) is 116 Å². The number of allylic oxidation sites excluding steroid dienone is 1. The summed E-state index contributed by atoms with van der Waals surface area (Å²) in [5.41, 5.74) is 11.3. The molecule has 1 saturated heterocycles. The summed E-state index contributed by atoms with van der Waals surface area (Å²) in [4.78, 5) is 25.7. The Morgan fingerprint density at radius 2 is 1.92 bits per heavy atom. The summed E-state index contributed by atoms with van der Waals surface area (Å²) in [7, 11) is 1.69. The molecule has 1 aliphatic rings. The van der Waals surface area contributed by atoms with E-state index in [1.807, 2.05) is 65.8 Å². The minimum atomic E-state index is 0.149. The molecule has 0 bridgehead atoms. The van der Waals surface area contributed by atoms with E-state index in [0.717, 1.165) is 46.7 Å². The summed E-state index contributed by atoms with van der Waals surface area (Å²) in [6.07, 6.45) is 8.81. The number of aliphatic imine (C=N–C) groups is 1. The third kappa shape index (κ3) is 4.97. The highest BCUT2D eigenvalue weighted by Gasteiger charge is 2.22. The lowest BCUT2D eigenvalue weighted by atomic mass is 10.0. The Bertz CT molecular complexity index is 1540. The van der Waals surface area contributed by atoms with E-state index in [2.05, 4.69) is 21.1 Å². The van der Waals surface area contributed by atoms with Crippen molar-refractivity contribution in [1.29, 1.82) is 5.26 Å². The lowest BCUT2D eigenvalue weighted by molar-refractivity contribution is -0.130. The molecular weight excluding hydrogens is 476 g/mol. The third-order valence-corrected chi connectivity index (χ3v) is 6.73. The Hall–Kier alpha value is -4.97. The van der Waals surface area contributed by atoms with Gasteiger partial charge in [0, 0.05) is 80.3 Å². The van der Waals surface area contributed by atoms with Gasteiger partial charge in [-0.3, -0.25) is 9.79 Å². The number of benzene rings is 1. The summed E-state index contributed by atoms with van der Waals surface area (Å²) < 4.78 is 1.69. The number of nitrogens with two attached hydrogens (primary N) is 1. The van der Waals surface area contributed by atoms with Crippen molar-refractivity contribution in [2.24, 2.45) is 10.7 Å². The van der Waals surface area contributed by atoms with Gasteiger partial charge in [0.1, 0.15) is 11.9 Å². The van der Waals surface area contributed by atoms with Crippen LogP contribution in [0.4, 0.5) is 5.82 Å². The quantitative estimate of drug-likeness (QED) is 0.403. The van der Waals surface area contributed by atoms with Crippen molar-refractivity contribution in [1.82, 2.24) is 19.5 Å². The van der Waals surface area contributed by atoms with Crippen LogP contribution in [-0.2, 0) is 11.2 Å². The second-order valence-corrected chi connectivity index (χ2v) is 9.05. The molecule has 0 atom stereocenters. The van der Waals surface area contributed by atoms with Crippen molar-refractivity contribution in [3.05, 3.63) is 90.0 Å². The van der Waals surface area contributed by atoms with Gasteiger partial charge in [0.05, 0.1) is 23.7 Å². The molecule has 1 fully saturated rings. The molecular formula is C29H28N8O. The van der Waals surface area contributed by atoms with Crippen LogP contribution in [0.5, 0.6) is 0 Å². The molecule has 0 spiro atoms. The number of piperazine rings is 1. The van der Waals surface area contributed by atoms with E-state index in [1.165, 1.54) is 6.20 Å². The normalized spacial score (nSPS) is 14.3. The van der Waals surface area contributed by atoms with E-state index in [0.29, 0.717) is 30.6 Å². The molecule has 2 N–H and O–H groups in total. The highest BCUT2D eigenvalue weighted by molar-refractivity contribution is 6.10. The first-order chi connectivity index (χ1) is 18.6. The van der Waals surface area contributed by atoms with E-state index in [4.69, 9.17) is 10.7 Å². The van der Waals surface area contributed by atoms with Crippen LogP contribution in [0.2, 0.25) is 0 Å². The molecule has 9 nitrogen and oxygen atoms in total. The van der Waals surface area contributed by atoms with Crippen LogP contribution in [0.3, 0.4) is 0 Å². The van der Waals surface area contributed by atoms with Gasteiger partial charge in [-0.2, -0.15) is 10.4 Å². The number of carbonyl (C=O) groups is 1. The maximum atomic E-state index is 12.7. The number of pyridine rings is 2. The molecule has 0 aliphatic carbocycles. The van der Waals surface area contributed by atoms with E-state index < -0.39 is 0 Å². The van der Waals surface area contributed by atoms with Gasteiger partial charge < -0.3 is 15.5 Å². The molecule has 5 rings (SSSR count). The Morgan fingerprint density at radius 1 is 1.13 bits per heavy atom. The first kappa shape index (κ1) is 24.7. The second kappa shape index (κ2) is 11.0. The molecule has 1 amide bonds. The van der Waals surface area contributed by atoms with Gasteiger partial charge in [0.15, 0.2) is 0 Å². The number of hydrogen-bond acceptors (Lipinski definition) is 7. The zero-order chi connectivity index (χ0) is 26.5. The number of nitriles is 1. The highest BCUT2D eigenvalue weighted by atomic mass is 16.2. The number of nitrogens with zero attached hydrogens (tertiary/aromatic N) is 7. The fourth-order valence-electron chi connectivity index (χ4n) is 4.73. The third-order valence-electron chi connectivity index (χ3n) is 6.73. The molecule has 0 saturated carbocycles. The average molecular weight is 505 g/mol. The van der Waals surface area contributed by atoms with Crippen molar-refractivity contribution in [2.45, 2.75) is 6.42 Å². The Labute approximate surface area is 221 Å². The second-order valence-electron chi connectivity index (χ2n) is 9.05. The Balaban J connectivity index is 1.35. The molecule has 190 valence electrons. The summed E-state index contributed by atoms with van der Waals surface area (Å²) in [6, 6.07) is 18.0. The van der Waals surface area contributed by atoms with Crippen LogP contribution in [0.1, 0.15) is 16.7 Å². The van der Waals surface area contributed by atoms with E-state index in [9.17, 15) is 10.1 Å². The van der Waals surface area contributed by atoms with Gasteiger partial charge in [-0.25, -0.2) is 9.50 Å². The number of carbonyl (C=O) groups excluding carboxylic acids is 1. The number of anilines is 1. The van der Waals surface area contributed by atoms with Gasteiger partial charge in [0.2, 0.25) is 5.91 Å². The van der Waals surface area contributed by atoms with Gasteiger partial charge in [-0.1, -0.05) is 30.3 Å². The van der Waals surface area contributed by atoms with Crippen LogP contribution in [-0.4, -0.2) is 64.8 Å². The summed E-state index contributed by atoms with van der Waals surface area (Å²) >= 11 is 0. The minimum absolute atomic E-state index is 0.149. The first-order valence-corrected chi connectivity index (χ1v) is 12.4. The maximum absolute atomic E-state index is 12.7. The monoisotopic (exact) mass is 504 g/mol. The van der Waals surface area contributed by atoms with Gasteiger partial charge >= 0.3 is 0 Å². The van der Waals surface area contributed by atoms with Crippen molar-refractivity contribution >= 4 is 29.0 Å². The molecule has 1 aromatic carbocycles. The number of aromatic nitrogens is 3. The highest BCUT2D eigenvalue weighted by Crippen LogP contribution is 2.30. The lowest BCUT2D eigenvalue weighted by Gasteiger charge is -2.35. The average Bonchev–Trinajstić information content (AvgIpc) is 3.39. The van der Waals surface area contributed by atoms with Crippen LogP contribution in [0, 0.1) is 11.3 Å². The molecule has 4 aromatic rings. The fraction of sp³-hybridized carbons (Fsp3) is 0.207. The lowest BCUT2D eigenvalue weighted by Crippen LogP contribution is -2.49. The largest absolute Gasteiger partial charge is 0.404 e. The summed E-state index contributed by atoms with van der Waals surface area (Å²) in [5, 5.41) is 14.0. The maximum Gasteiger partial charge on any atom is 0.227 e. The van der Waals surface area contributed by atoms with E-state index >= 15 is 0 Å². The first-order valence-electron chi connectivity index (χ1n) is 12.4. The van der Waals surface area contributed by atoms with Crippen LogP contribution in [0.15, 0.2) is 78.3 Å². The fourth-order valence-corrected chi connectivity index (χ4v) is 4.73. The molecule has 4 heterocycles. The van der Waals surface area contributed by atoms with Crippen LogP contribution < -0.4 is 10.6 Å².